The van der Waals surface area contributed by atoms with Gasteiger partial charge >= 0.3 is 0 Å². The normalized spacial score (nSPS) is 35.0. The van der Waals surface area contributed by atoms with Crippen LogP contribution in [0.3, 0.4) is 0 Å². The predicted molar refractivity (Wildman–Crippen MR) is 65.3 cm³/mol. The third-order valence-electron chi connectivity index (χ3n) is 4.03. The molecule has 0 aromatic heterocycles. The summed E-state index contributed by atoms with van der Waals surface area (Å²) in [5.74, 6) is 0.712. The number of likely N-dealkylation sites (tertiary alicyclic amines) is 1. The van der Waals surface area contributed by atoms with Crippen molar-refractivity contribution in [1.82, 2.24) is 10.2 Å². The Balaban J connectivity index is 1.93. The topological polar surface area (TPSA) is 49.4 Å². The fourth-order valence-corrected chi connectivity index (χ4v) is 2.75. The first-order chi connectivity index (χ1) is 8.02. The molecule has 0 radical (unpaired) electrons. The maximum Gasteiger partial charge on any atom is 0.247 e. The highest BCUT2D eigenvalue weighted by Gasteiger charge is 2.42. The number of amides is 2. The van der Waals surface area contributed by atoms with E-state index >= 15 is 0 Å². The Labute approximate surface area is 103 Å². The zero-order valence-electron chi connectivity index (χ0n) is 10.9. The second kappa shape index (κ2) is 4.77. The van der Waals surface area contributed by atoms with Gasteiger partial charge in [0.15, 0.2) is 0 Å². The van der Waals surface area contributed by atoms with Crippen LogP contribution < -0.4 is 5.32 Å². The number of rotatable bonds is 4. The summed E-state index contributed by atoms with van der Waals surface area (Å²) in [7, 11) is 0. The van der Waals surface area contributed by atoms with Crippen LogP contribution in [0.2, 0.25) is 0 Å². The summed E-state index contributed by atoms with van der Waals surface area (Å²) in [6.45, 7) is 6.15. The van der Waals surface area contributed by atoms with Crippen LogP contribution in [0.1, 0.15) is 46.5 Å². The van der Waals surface area contributed by atoms with Crippen molar-refractivity contribution in [3.05, 3.63) is 0 Å². The molecule has 1 aliphatic carbocycles. The molecule has 2 atom stereocenters. The van der Waals surface area contributed by atoms with E-state index in [4.69, 9.17) is 0 Å². The van der Waals surface area contributed by atoms with Gasteiger partial charge in [-0.15, -0.1) is 0 Å². The van der Waals surface area contributed by atoms with Gasteiger partial charge in [-0.2, -0.15) is 0 Å². The quantitative estimate of drug-likeness (QED) is 0.751. The van der Waals surface area contributed by atoms with Crippen LogP contribution in [0.4, 0.5) is 0 Å². The average Bonchev–Trinajstić information content (AvgIpc) is 2.51. The highest BCUT2D eigenvalue weighted by Crippen LogP contribution is 2.28. The molecule has 0 aromatic rings. The van der Waals surface area contributed by atoms with Crippen molar-refractivity contribution in [2.75, 3.05) is 0 Å². The van der Waals surface area contributed by atoms with Gasteiger partial charge in [0, 0.05) is 12.1 Å². The van der Waals surface area contributed by atoms with E-state index in [1.165, 1.54) is 4.90 Å². The lowest BCUT2D eigenvalue weighted by molar-refractivity contribution is -0.141. The van der Waals surface area contributed by atoms with Crippen LogP contribution in [-0.4, -0.2) is 34.8 Å². The molecule has 4 heteroatoms. The minimum Gasteiger partial charge on any atom is -0.303 e. The molecule has 1 N–H and O–H groups in total. The minimum atomic E-state index is -0.269. The van der Waals surface area contributed by atoms with E-state index in [2.05, 4.69) is 12.2 Å². The Morgan fingerprint density at radius 3 is 2.59 bits per heavy atom. The third kappa shape index (κ3) is 2.37. The minimum absolute atomic E-state index is 0.0192. The highest BCUT2D eigenvalue weighted by atomic mass is 16.2. The van der Waals surface area contributed by atoms with E-state index in [0.717, 1.165) is 25.2 Å². The summed E-state index contributed by atoms with van der Waals surface area (Å²) in [5.41, 5.74) is 0. The monoisotopic (exact) mass is 238 g/mol. The molecule has 17 heavy (non-hydrogen) atoms. The average molecular weight is 238 g/mol. The number of nitrogens with one attached hydrogen (secondary N) is 1. The first-order valence-corrected chi connectivity index (χ1v) is 6.64. The number of carbonyl (C=O) groups excluding carboxylic acids is 2. The summed E-state index contributed by atoms with van der Waals surface area (Å²) in [5, 5.41) is 3.32. The van der Waals surface area contributed by atoms with Crippen molar-refractivity contribution in [3.63, 3.8) is 0 Å². The van der Waals surface area contributed by atoms with Gasteiger partial charge in [-0.25, -0.2) is 0 Å². The predicted octanol–water partition coefficient (Wildman–Crippen LogP) is 1.30. The molecular formula is C13H22N2O2. The molecule has 0 aromatic carbocycles. The molecule has 1 saturated carbocycles. The van der Waals surface area contributed by atoms with Gasteiger partial charge in [0.1, 0.15) is 0 Å². The van der Waals surface area contributed by atoms with Crippen molar-refractivity contribution >= 4 is 11.8 Å². The molecule has 1 heterocycles. The van der Waals surface area contributed by atoms with Gasteiger partial charge < -0.3 is 5.32 Å². The zero-order chi connectivity index (χ0) is 12.6. The second-order valence-corrected chi connectivity index (χ2v) is 5.56. The highest BCUT2D eigenvalue weighted by molar-refractivity contribution is 6.05. The van der Waals surface area contributed by atoms with Crippen LogP contribution in [0.25, 0.3) is 0 Å². The molecule has 2 rings (SSSR count). The summed E-state index contributed by atoms with van der Waals surface area (Å²) < 4.78 is 0. The van der Waals surface area contributed by atoms with Gasteiger partial charge in [0.2, 0.25) is 11.8 Å². The van der Waals surface area contributed by atoms with Crippen molar-refractivity contribution in [2.45, 2.75) is 64.6 Å². The largest absolute Gasteiger partial charge is 0.303 e. The summed E-state index contributed by atoms with van der Waals surface area (Å²) in [4.78, 5) is 25.4. The lowest BCUT2D eigenvalue weighted by Gasteiger charge is -2.35. The molecular weight excluding hydrogens is 216 g/mol. The number of carbonyl (C=O) groups is 2. The molecule has 0 bridgehead atoms. The molecule has 1 aliphatic heterocycles. The van der Waals surface area contributed by atoms with Crippen LogP contribution >= 0.6 is 0 Å². The molecule has 2 fully saturated rings. The number of hydrogen-bond donors (Lipinski definition) is 1. The first-order valence-electron chi connectivity index (χ1n) is 6.64. The summed E-state index contributed by atoms with van der Waals surface area (Å²) >= 11 is 0. The lowest BCUT2D eigenvalue weighted by atomic mass is 9.81. The Bertz CT molecular complexity index is 323. The summed E-state index contributed by atoms with van der Waals surface area (Å²) in [6, 6.07) is 0.194. The van der Waals surface area contributed by atoms with E-state index in [1.54, 1.807) is 0 Å². The van der Waals surface area contributed by atoms with Crippen LogP contribution in [0.15, 0.2) is 0 Å². The molecule has 2 amide bonds. The van der Waals surface area contributed by atoms with Gasteiger partial charge in [0.05, 0.1) is 12.5 Å². The van der Waals surface area contributed by atoms with Crippen LogP contribution in [0.5, 0.6) is 0 Å². The van der Waals surface area contributed by atoms with Crippen molar-refractivity contribution < 1.29 is 9.59 Å². The van der Waals surface area contributed by atoms with Gasteiger partial charge in [0.25, 0.3) is 0 Å². The van der Waals surface area contributed by atoms with Gasteiger partial charge in [-0.3, -0.25) is 14.5 Å². The summed E-state index contributed by atoms with van der Waals surface area (Å²) in [6.07, 6.45) is 3.42. The fraction of sp³-hybridized carbons (Fsp3) is 0.846. The van der Waals surface area contributed by atoms with Gasteiger partial charge in [-0.1, -0.05) is 13.8 Å². The van der Waals surface area contributed by atoms with E-state index in [-0.39, 0.29) is 23.9 Å². The number of imide groups is 1. The third-order valence-corrected chi connectivity index (χ3v) is 4.03. The Kier molecular flexibility index (Phi) is 3.52. The van der Waals surface area contributed by atoms with E-state index < -0.39 is 0 Å². The maximum absolute atomic E-state index is 12.1. The standard InChI is InChI=1S/C13H22N2O2/c1-4-9(3)15-12(16)7-11(13(15)17)14-10-5-8(2)6-10/h8-11,14H,4-7H2,1-3H3. The van der Waals surface area contributed by atoms with Crippen LogP contribution in [0, 0.1) is 5.92 Å². The van der Waals surface area contributed by atoms with Crippen molar-refractivity contribution in [2.24, 2.45) is 5.92 Å². The Morgan fingerprint density at radius 2 is 2.06 bits per heavy atom. The molecule has 4 nitrogen and oxygen atoms in total. The fourth-order valence-electron chi connectivity index (χ4n) is 2.75. The van der Waals surface area contributed by atoms with Crippen molar-refractivity contribution in [3.8, 4) is 0 Å². The molecule has 0 spiro atoms. The zero-order valence-corrected chi connectivity index (χ0v) is 10.9. The maximum atomic E-state index is 12.1. The van der Waals surface area contributed by atoms with Crippen LogP contribution in [-0.2, 0) is 9.59 Å². The van der Waals surface area contributed by atoms with Crippen molar-refractivity contribution in [1.29, 1.82) is 0 Å². The Hall–Kier alpha value is -0.900. The smallest absolute Gasteiger partial charge is 0.247 e. The molecule has 2 unspecified atom stereocenters. The number of nitrogens with zero attached hydrogens (tertiary/aromatic N) is 1. The van der Waals surface area contributed by atoms with E-state index in [0.29, 0.717) is 12.5 Å². The lowest BCUT2D eigenvalue weighted by Crippen LogP contribution is -2.49. The molecule has 2 aliphatic rings. The second-order valence-electron chi connectivity index (χ2n) is 5.56. The molecule has 96 valence electrons. The first kappa shape index (κ1) is 12.6. The molecule has 1 saturated heterocycles. The Morgan fingerprint density at radius 1 is 1.41 bits per heavy atom. The van der Waals surface area contributed by atoms with E-state index in [1.807, 2.05) is 13.8 Å². The van der Waals surface area contributed by atoms with E-state index in [9.17, 15) is 9.59 Å². The number of hydrogen-bond acceptors (Lipinski definition) is 3. The van der Waals surface area contributed by atoms with Gasteiger partial charge in [-0.05, 0) is 32.1 Å². The SMILES string of the molecule is CCC(C)N1C(=O)CC(NC2CC(C)C2)C1=O.